The van der Waals surface area contributed by atoms with Crippen LogP contribution in [0.2, 0.25) is 0 Å². The first-order valence-electron chi connectivity index (χ1n) is 9.67. The van der Waals surface area contributed by atoms with Crippen molar-refractivity contribution in [2.75, 3.05) is 26.3 Å². The third-order valence-corrected chi connectivity index (χ3v) is 5.00. The van der Waals surface area contributed by atoms with E-state index in [1.54, 1.807) is 6.20 Å². The molecule has 1 fully saturated rings. The molecular formula is C21H29N3O3. The summed E-state index contributed by atoms with van der Waals surface area (Å²) in [7, 11) is 0. The Morgan fingerprint density at radius 3 is 2.37 bits per heavy atom. The SMILES string of the molecule is CCOc1ncc(C2(O)CCN(Cc3ccc(C)cc3)CC2)c(OCC)n1. The molecule has 0 amide bonds. The number of piperidine rings is 1. The quantitative estimate of drug-likeness (QED) is 0.807. The summed E-state index contributed by atoms with van der Waals surface area (Å²) >= 11 is 0. The first kappa shape index (κ1) is 19.6. The summed E-state index contributed by atoms with van der Waals surface area (Å²) in [5, 5.41) is 11.3. The van der Waals surface area contributed by atoms with Crippen LogP contribution in [0.5, 0.6) is 11.9 Å². The zero-order chi connectivity index (χ0) is 19.3. The standard InChI is InChI=1S/C21H29N3O3/c1-4-26-19-18(14-22-20(23-19)27-5-2)21(25)10-12-24(13-11-21)15-17-8-6-16(3)7-9-17/h6-9,14,25H,4-5,10-13,15H2,1-3H3. The fourth-order valence-electron chi connectivity index (χ4n) is 3.42. The van der Waals surface area contributed by atoms with Gasteiger partial charge in [-0.3, -0.25) is 4.90 Å². The van der Waals surface area contributed by atoms with Gasteiger partial charge in [-0.15, -0.1) is 0 Å². The molecular weight excluding hydrogens is 342 g/mol. The van der Waals surface area contributed by atoms with E-state index in [0.29, 0.717) is 37.5 Å². The molecule has 2 aromatic rings. The predicted octanol–water partition coefficient (Wildman–Crippen LogP) is 3.07. The maximum absolute atomic E-state index is 11.3. The Morgan fingerprint density at radius 2 is 1.74 bits per heavy atom. The average Bonchev–Trinajstić information content (AvgIpc) is 2.66. The molecule has 1 aromatic carbocycles. The predicted molar refractivity (Wildman–Crippen MR) is 104 cm³/mol. The molecule has 0 radical (unpaired) electrons. The van der Waals surface area contributed by atoms with Crippen LogP contribution in [0.25, 0.3) is 0 Å². The Kier molecular flexibility index (Phi) is 6.29. The summed E-state index contributed by atoms with van der Waals surface area (Å²) in [6.07, 6.45) is 2.89. The third kappa shape index (κ3) is 4.76. The van der Waals surface area contributed by atoms with Crippen LogP contribution in [0.4, 0.5) is 0 Å². The molecule has 0 atom stereocenters. The van der Waals surface area contributed by atoms with Crippen molar-refractivity contribution in [2.45, 2.75) is 45.8 Å². The molecule has 0 spiro atoms. The van der Waals surface area contributed by atoms with E-state index < -0.39 is 5.60 Å². The highest BCUT2D eigenvalue weighted by atomic mass is 16.5. The monoisotopic (exact) mass is 371 g/mol. The first-order valence-corrected chi connectivity index (χ1v) is 9.67. The number of nitrogens with zero attached hydrogens (tertiary/aromatic N) is 3. The average molecular weight is 371 g/mol. The lowest BCUT2D eigenvalue weighted by Crippen LogP contribution is -2.42. The molecule has 0 aliphatic carbocycles. The molecule has 1 aliphatic rings. The van der Waals surface area contributed by atoms with Gasteiger partial charge >= 0.3 is 6.01 Å². The second-order valence-electron chi connectivity index (χ2n) is 7.03. The van der Waals surface area contributed by atoms with Crippen LogP contribution < -0.4 is 9.47 Å². The highest BCUT2D eigenvalue weighted by molar-refractivity contribution is 5.32. The molecule has 1 aliphatic heterocycles. The van der Waals surface area contributed by atoms with Gasteiger partial charge in [0.05, 0.1) is 24.4 Å². The van der Waals surface area contributed by atoms with Crippen LogP contribution in [-0.4, -0.2) is 46.3 Å². The van der Waals surface area contributed by atoms with Crippen LogP contribution in [0.15, 0.2) is 30.5 Å². The number of benzene rings is 1. The van der Waals surface area contributed by atoms with E-state index in [4.69, 9.17) is 9.47 Å². The minimum absolute atomic E-state index is 0.283. The molecule has 3 rings (SSSR count). The van der Waals surface area contributed by atoms with Gasteiger partial charge in [-0.1, -0.05) is 29.8 Å². The smallest absolute Gasteiger partial charge is 0.319 e. The fraction of sp³-hybridized carbons (Fsp3) is 0.524. The summed E-state index contributed by atoms with van der Waals surface area (Å²) in [4.78, 5) is 10.9. The van der Waals surface area contributed by atoms with Crippen molar-refractivity contribution >= 4 is 0 Å². The van der Waals surface area contributed by atoms with E-state index >= 15 is 0 Å². The van der Waals surface area contributed by atoms with Crippen molar-refractivity contribution in [1.29, 1.82) is 0 Å². The van der Waals surface area contributed by atoms with E-state index in [0.717, 1.165) is 19.6 Å². The van der Waals surface area contributed by atoms with Crippen LogP contribution in [0.1, 0.15) is 43.4 Å². The van der Waals surface area contributed by atoms with Crippen LogP contribution in [-0.2, 0) is 12.1 Å². The summed E-state index contributed by atoms with van der Waals surface area (Å²) in [5.74, 6) is 0.422. The first-order chi connectivity index (χ1) is 13.0. The Bertz CT molecular complexity index is 741. The van der Waals surface area contributed by atoms with Gasteiger partial charge in [0, 0.05) is 25.8 Å². The molecule has 146 valence electrons. The van der Waals surface area contributed by atoms with Crippen molar-refractivity contribution < 1.29 is 14.6 Å². The molecule has 2 heterocycles. The molecule has 27 heavy (non-hydrogen) atoms. The second kappa shape index (κ2) is 8.67. The summed E-state index contributed by atoms with van der Waals surface area (Å²) < 4.78 is 11.0. The number of hydrogen-bond acceptors (Lipinski definition) is 6. The third-order valence-electron chi connectivity index (χ3n) is 5.00. The molecule has 0 saturated carbocycles. The Balaban J connectivity index is 1.70. The van der Waals surface area contributed by atoms with Gasteiger partial charge in [0.2, 0.25) is 5.88 Å². The van der Waals surface area contributed by atoms with E-state index in [1.165, 1.54) is 11.1 Å². The molecule has 0 bridgehead atoms. The normalized spacial score (nSPS) is 16.9. The van der Waals surface area contributed by atoms with E-state index in [2.05, 4.69) is 46.1 Å². The van der Waals surface area contributed by atoms with Gasteiger partial charge in [-0.2, -0.15) is 4.98 Å². The van der Waals surface area contributed by atoms with Gasteiger partial charge in [0.25, 0.3) is 0 Å². The van der Waals surface area contributed by atoms with Crippen LogP contribution in [0.3, 0.4) is 0 Å². The van der Waals surface area contributed by atoms with Crippen molar-refractivity contribution in [2.24, 2.45) is 0 Å². The lowest BCUT2D eigenvalue weighted by Gasteiger charge is -2.38. The second-order valence-corrected chi connectivity index (χ2v) is 7.03. The van der Waals surface area contributed by atoms with Crippen molar-refractivity contribution in [3.63, 3.8) is 0 Å². The summed E-state index contributed by atoms with van der Waals surface area (Å²) in [6, 6.07) is 8.90. The largest absolute Gasteiger partial charge is 0.478 e. The fourth-order valence-corrected chi connectivity index (χ4v) is 3.42. The van der Waals surface area contributed by atoms with E-state index in [9.17, 15) is 5.11 Å². The molecule has 6 heteroatoms. The number of hydrogen-bond donors (Lipinski definition) is 1. The van der Waals surface area contributed by atoms with Crippen molar-refractivity contribution in [3.05, 3.63) is 47.2 Å². The van der Waals surface area contributed by atoms with Gasteiger partial charge in [-0.05, 0) is 39.2 Å². The van der Waals surface area contributed by atoms with Gasteiger partial charge in [0.1, 0.15) is 0 Å². The lowest BCUT2D eigenvalue weighted by molar-refractivity contribution is -0.0303. The topological polar surface area (TPSA) is 67.7 Å². The lowest BCUT2D eigenvalue weighted by atomic mass is 9.85. The number of likely N-dealkylation sites (tertiary alicyclic amines) is 1. The van der Waals surface area contributed by atoms with Crippen LogP contribution >= 0.6 is 0 Å². The van der Waals surface area contributed by atoms with Gasteiger partial charge in [-0.25, -0.2) is 4.98 Å². The summed E-state index contributed by atoms with van der Waals surface area (Å²) in [5.41, 5.74) is 2.25. The highest BCUT2D eigenvalue weighted by Gasteiger charge is 2.37. The molecule has 0 unspecified atom stereocenters. The number of rotatable bonds is 7. The Morgan fingerprint density at radius 1 is 1.07 bits per heavy atom. The number of aryl methyl sites for hydroxylation is 1. The maximum Gasteiger partial charge on any atom is 0.319 e. The van der Waals surface area contributed by atoms with Crippen molar-refractivity contribution in [1.82, 2.24) is 14.9 Å². The van der Waals surface area contributed by atoms with E-state index in [-0.39, 0.29) is 6.01 Å². The van der Waals surface area contributed by atoms with Gasteiger partial charge < -0.3 is 14.6 Å². The molecule has 1 saturated heterocycles. The van der Waals surface area contributed by atoms with Gasteiger partial charge in [0.15, 0.2) is 0 Å². The minimum Gasteiger partial charge on any atom is -0.478 e. The van der Waals surface area contributed by atoms with Crippen LogP contribution in [0, 0.1) is 6.92 Å². The Labute approximate surface area is 161 Å². The van der Waals surface area contributed by atoms with Crippen molar-refractivity contribution in [3.8, 4) is 11.9 Å². The molecule has 6 nitrogen and oxygen atoms in total. The highest BCUT2D eigenvalue weighted by Crippen LogP contribution is 2.37. The number of aliphatic hydroxyl groups is 1. The minimum atomic E-state index is -0.973. The summed E-state index contributed by atoms with van der Waals surface area (Å²) in [6.45, 7) is 9.37. The maximum atomic E-state index is 11.3. The molecule has 1 N–H and O–H groups in total. The van der Waals surface area contributed by atoms with E-state index in [1.807, 2.05) is 13.8 Å². The number of ether oxygens (including phenoxy) is 2. The Hall–Kier alpha value is -2.18. The zero-order valence-corrected chi connectivity index (χ0v) is 16.4. The zero-order valence-electron chi connectivity index (χ0n) is 16.4. The number of aromatic nitrogens is 2. The molecule has 1 aromatic heterocycles.